The Hall–Kier alpha value is -1.17. The normalized spacial score (nSPS) is 23.9. The van der Waals surface area contributed by atoms with E-state index >= 15 is 0 Å². The summed E-state index contributed by atoms with van der Waals surface area (Å²) in [6.07, 6.45) is 5.01. The number of nitrogens with one attached hydrogen (secondary N) is 1. The van der Waals surface area contributed by atoms with Crippen LogP contribution in [0.15, 0.2) is 18.2 Å². The third-order valence-corrected chi connectivity index (χ3v) is 3.33. The highest BCUT2D eigenvalue weighted by atomic mass is 16.5. The van der Waals surface area contributed by atoms with Gasteiger partial charge in [0.15, 0.2) is 0 Å². The maximum atomic E-state index is 5.89. The minimum Gasteiger partial charge on any atom is -0.381 e. The van der Waals surface area contributed by atoms with Crippen LogP contribution in [0.2, 0.25) is 0 Å². The fourth-order valence-electron chi connectivity index (χ4n) is 2.31. The number of methoxy groups -OCH3 is 1. The van der Waals surface area contributed by atoms with E-state index in [1.54, 1.807) is 7.11 Å². The Morgan fingerprint density at radius 3 is 3.00 bits per heavy atom. The minimum atomic E-state index is 0.278. The van der Waals surface area contributed by atoms with Crippen LogP contribution >= 0.6 is 0 Å². The molecule has 0 saturated heterocycles. The van der Waals surface area contributed by atoms with E-state index in [1.165, 1.54) is 6.42 Å². The Kier molecular flexibility index (Phi) is 4.92. The van der Waals surface area contributed by atoms with E-state index in [9.17, 15) is 0 Å². The van der Waals surface area contributed by atoms with Gasteiger partial charge in [-0.1, -0.05) is 6.07 Å². The standard InChI is InChI=1S/C13H21N3O2/c1-17-11-5-3-6-12(8-11)18-9-10-4-2-7-13(15-10)16-14/h2,4,7,11-12H,3,5-6,8-9,14H2,1H3,(H,15,16). The van der Waals surface area contributed by atoms with Crippen LogP contribution in [0.1, 0.15) is 31.4 Å². The Labute approximate surface area is 108 Å². The monoisotopic (exact) mass is 251 g/mol. The molecule has 0 bridgehead atoms. The first kappa shape index (κ1) is 13.3. The average molecular weight is 251 g/mol. The summed E-state index contributed by atoms with van der Waals surface area (Å²) in [4.78, 5) is 4.32. The van der Waals surface area contributed by atoms with Gasteiger partial charge in [-0.25, -0.2) is 10.8 Å². The van der Waals surface area contributed by atoms with Crippen molar-refractivity contribution in [1.29, 1.82) is 0 Å². The molecule has 0 aromatic carbocycles. The van der Waals surface area contributed by atoms with Crippen molar-refractivity contribution in [2.24, 2.45) is 5.84 Å². The molecular formula is C13H21N3O2. The summed E-state index contributed by atoms with van der Waals surface area (Å²) < 4.78 is 11.3. The highest BCUT2D eigenvalue weighted by molar-refractivity contribution is 5.33. The zero-order valence-corrected chi connectivity index (χ0v) is 10.8. The van der Waals surface area contributed by atoms with Gasteiger partial charge in [-0.05, 0) is 37.8 Å². The van der Waals surface area contributed by atoms with Gasteiger partial charge in [0.1, 0.15) is 5.82 Å². The van der Waals surface area contributed by atoms with Gasteiger partial charge in [0.2, 0.25) is 0 Å². The van der Waals surface area contributed by atoms with Gasteiger partial charge < -0.3 is 14.9 Å². The largest absolute Gasteiger partial charge is 0.381 e. The molecule has 1 aromatic rings. The van der Waals surface area contributed by atoms with Crippen molar-refractivity contribution >= 4 is 5.82 Å². The van der Waals surface area contributed by atoms with Gasteiger partial charge in [0, 0.05) is 7.11 Å². The molecule has 0 spiro atoms. The fraction of sp³-hybridized carbons (Fsp3) is 0.615. The van der Waals surface area contributed by atoms with Gasteiger partial charge in [-0.2, -0.15) is 0 Å². The summed E-state index contributed by atoms with van der Waals surface area (Å²) in [5.41, 5.74) is 3.43. The number of nitrogens with zero attached hydrogens (tertiary/aromatic N) is 1. The molecule has 1 heterocycles. The van der Waals surface area contributed by atoms with E-state index in [0.29, 0.717) is 18.5 Å². The third kappa shape index (κ3) is 3.66. The van der Waals surface area contributed by atoms with Crippen LogP contribution < -0.4 is 11.3 Å². The van der Waals surface area contributed by atoms with Gasteiger partial charge >= 0.3 is 0 Å². The topological polar surface area (TPSA) is 69.4 Å². The summed E-state index contributed by atoms with van der Waals surface area (Å²) >= 11 is 0. The quantitative estimate of drug-likeness (QED) is 0.617. The molecular weight excluding hydrogens is 230 g/mol. The van der Waals surface area contributed by atoms with Gasteiger partial charge in [-0.15, -0.1) is 0 Å². The van der Waals surface area contributed by atoms with E-state index < -0.39 is 0 Å². The molecule has 0 aliphatic heterocycles. The lowest BCUT2D eigenvalue weighted by Crippen LogP contribution is -2.27. The van der Waals surface area contributed by atoms with E-state index in [2.05, 4.69) is 10.4 Å². The molecule has 1 saturated carbocycles. The molecule has 0 radical (unpaired) electrons. The Balaban J connectivity index is 1.83. The molecule has 1 aliphatic carbocycles. The predicted octanol–water partition coefficient (Wildman–Crippen LogP) is 1.84. The summed E-state index contributed by atoms with van der Waals surface area (Å²) in [6.45, 7) is 0.524. The first-order valence-corrected chi connectivity index (χ1v) is 6.38. The summed E-state index contributed by atoms with van der Waals surface area (Å²) in [6, 6.07) is 5.68. The molecule has 1 fully saturated rings. The molecule has 1 aromatic heterocycles. The molecule has 5 heteroatoms. The lowest BCUT2D eigenvalue weighted by molar-refractivity contribution is -0.0371. The molecule has 2 rings (SSSR count). The number of nitrogens with two attached hydrogens (primary N) is 1. The number of hydrogen-bond donors (Lipinski definition) is 2. The molecule has 1 aliphatic rings. The van der Waals surface area contributed by atoms with E-state index in [4.69, 9.17) is 15.3 Å². The molecule has 0 amide bonds. The summed E-state index contributed by atoms with van der Waals surface area (Å²) in [5, 5.41) is 0. The number of nitrogen functional groups attached to an aromatic ring is 1. The second-order valence-electron chi connectivity index (χ2n) is 4.62. The van der Waals surface area contributed by atoms with Crippen molar-refractivity contribution in [1.82, 2.24) is 4.98 Å². The highest BCUT2D eigenvalue weighted by Gasteiger charge is 2.22. The van der Waals surface area contributed by atoms with Crippen molar-refractivity contribution in [3.8, 4) is 0 Å². The number of pyridine rings is 1. The lowest BCUT2D eigenvalue weighted by atomic mass is 9.95. The van der Waals surface area contributed by atoms with Crippen LogP contribution in [0.3, 0.4) is 0 Å². The van der Waals surface area contributed by atoms with Gasteiger partial charge in [-0.3, -0.25) is 0 Å². The number of hydrogen-bond acceptors (Lipinski definition) is 5. The van der Waals surface area contributed by atoms with Crippen LogP contribution in [0.5, 0.6) is 0 Å². The van der Waals surface area contributed by atoms with Crippen LogP contribution in [0.4, 0.5) is 5.82 Å². The predicted molar refractivity (Wildman–Crippen MR) is 69.9 cm³/mol. The maximum Gasteiger partial charge on any atom is 0.140 e. The van der Waals surface area contributed by atoms with Crippen molar-refractivity contribution in [3.05, 3.63) is 23.9 Å². The number of rotatable bonds is 5. The molecule has 100 valence electrons. The van der Waals surface area contributed by atoms with Crippen LogP contribution in [0, 0.1) is 0 Å². The van der Waals surface area contributed by atoms with E-state index in [1.807, 2.05) is 18.2 Å². The van der Waals surface area contributed by atoms with Crippen LogP contribution in [-0.2, 0) is 16.1 Å². The van der Waals surface area contributed by atoms with E-state index in [0.717, 1.165) is 25.0 Å². The second kappa shape index (κ2) is 6.68. The summed E-state index contributed by atoms with van der Waals surface area (Å²) in [5.74, 6) is 5.99. The zero-order chi connectivity index (χ0) is 12.8. The molecule has 18 heavy (non-hydrogen) atoms. The number of anilines is 1. The van der Waals surface area contributed by atoms with Crippen molar-refractivity contribution in [3.63, 3.8) is 0 Å². The van der Waals surface area contributed by atoms with Crippen LogP contribution in [-0.4, -0.2) is 24.3 Å². The summed E-state index contributed by atoms with van der Waals surface area (Å²) in [7, 11) is 1.77. The Bertz CT molecular complexity index is 373. The van der Waals surface area contributed by atoms with Crippen molar-refractivity contribution in [2.75, 3.05) is 12.5 Å². The Morgan fingerprint density at radius 1 is 1.39 bits per heavy atom. The van der Waals surface area contributed by atoms with E-state index in [-0.39, 0.29) is 6.10 Å². The smallest absolute Gasteiger partial charge is 0.140 e. The van der Waals surface area contributed by atoms with Crippen molar-refractivity contribution < 1.29 is 9.47 Å². The first-order valence-electron chi connectivity index (χ1n) is 6.38. The molecule has 3 N–H and O–H groups in total. The van der Waals surface area contributed by atoms with Gasteiger partial charge in [0.05, 0.1) is 24.5 Å². The minimum absolute atomic E-state index is 0.278. The lowest BCUT2D eigenvalue weighted by Gasteiger charge is -2.28. The number of aromatic nitrogens is 1. The van der Waals surface area contributed by atoms with Crippen molar-refractivity contribution in [2.45, 2.75) is 44.5 Å². The SMILES string of the molecule is COC1CCCC(OCc2cccc(NN)n2)C1. The van der Waals surface area contributed by atoms with Crippen LogP contribution in [0.25, 0.3) is 0 Å². The second-order valence-corrected chi connectivity index (χ2v) is 4.62. The molecule has 2 atom stereocenters. The average Bonchev–Trinajstić information content (AvgIpc) is 2.45. The fourth-order valence-corrected chi connectivity index (χ4v) is 2.31. The zero-order valence-electron chi connectivity index (χ0n) is 10.8. The first-order chi connectivity index (χ1) is 8.81. The maximum absolute atomic E-state index is 5.89. The molecule has 2 unspecified atom stereocenters. The highest BCUT2D eigenvalue weighted by Crippen LogP contribution is 2.23. The third-order valence-electron chi connectivity index (χ3n) is 3.33. The van der Waals surface area contributed by atoms with Gasteiger partial charge in [0.25, 0.3) is 0 Å². The number of hydrazine groups is 1. The number of ether oxygens (including phenoxy) is 2. The Morgan fingerprint density at radius 2 is 2.22 bits per heavy atom. The molecule has 5 nitrogen and oxygen atoms in total.